The SMILES string of the molecule is CC(C)c1ccc(NC(=O)CS(=O)(=O)C2=NCCS2)cc1. The molecule has 1 N–H and O–H groups in total. The Morgan fingerprint density at radius 1 is 1.33 bits per heavy atom. The highest BCUT2D eigenvalue weighted by atomic mass is 32.3. The van der Waals surface area contributed by atoms with E-state index in [0.717, 1.165) is 5.56 Å². The summed E-state index contributed by atoms with van der Waals surface area (Å²) in [6.45, 7) is 4.66. The Morgan fingerprint density at radius 3 is 2.52 bits per heavy atom. The van der Waals surface area contributed by atoms with E-state index in [-0.39, 0.29) is 4.38 Å². The molecule has 1 heterocycles. The second-order valence-corrected chi connectivity index (χ2v) is 8.33. The first-order valence-electron chi connectivity index (χ1n) is 6.68. The molecule has 0 unspecified atom stereocenters. The molecule has 0 radical (unpaired) electrons. The van der Waals surface area contributed by atoms with Gasteiger partial charge in [0.15, 0.2) is 4.38 Å². The molecule has 5 nitrogen and oxygen atoms in total. The maximum absolute atomic E-state index is 12.0. The van der Waals surface area contributed by atoms with Crippen molar-refractivity contribution in [1.29, 1.82) is 0 Å². The van der Waals surface area contributed by atoms with Gasteiger partial charge < -0.3 is 5.32 Å². The molecular formula is C14H18N2O3S2. The highest BCUT2D eigenvalue weighted by Crippen LogP contribution is 2.19. The van der Waals surface area contributed by atoms with Crippen molar-refractivity contribution in [3.05, 3.63) is 29.8 Å². The molecule has 0 bridgehead atoms. The number of sulfone groups is 1. The Balaban J connectivity index is 1.98. The highest BCUT2D eigenvalue weighted by molar-refractivity contribution is 8.35. The molecule has 0 aliphatic carbocycles. The average molecular weight is 326 g/mol. The van der Waals surface area contributed by atoms with Crippen molar-refractivity contribution >= 4 is 37.6 Å². The van der Waals surface area contributed by atoms with Gasteiger partial charge in [-0.2, -0.15) is 0 Å². The third-order valence-electron chi connectivity index (χ3n) is 3.01. The smallest absolute Gasteiger partial charge is 0.240 e. The molecule has 2 rings (SSSR count). The summed E-state index contributed by atoms with van der Waals surface area (Å²) in [5.74, 6) is -0.0347. The van der Waals surface area contributed by atoms with E-state index >= 15 is 0 Å². The number of nitrogens with one attached hydrogen (secondary N) is 1. The van der Waals surface area contributed by atoms with Crippen LogP contribution in [-0.4, -0.2) is 36.8 Å². The second kappa shape index (κ2) is 6.62. The molecule has 21 heavy (non-hydrogen) atoms. The van der Waals surface area contributed by atoms with Crippen molar-refractivity contribution in [3.63, 3.8) is 0 Å². The first-order chi connectivity index (χ1) is 9.88. The number of thioether (sulfide) groups is 1. The fraction of sp³-hybridized carbons (Fsp3) is 0.429. The normalized spacial score (nSPS) is 15.1. The zero-order valence-electron chi connectivity index (χ0n) is 12.0. The molecule has 0 aromatic heterocycles. The number of rotatable bonds is 4. The Kier molecular flexibility index (Phi) is 5.05. The number of amides is 1. The van der Waals surface area contributed by atoms with E-state index in [0.29, 0.717) is 23.9 Å². The van der Waals surface area contributed by atoms with Gasteiger partial charge in [0, 0.05) is 11.4 Å². The molecule has 1 aliphatic heterocycles. The number of anilines is 1. The van der Waals surface area contributed by atoms with E-state index in [2.05, 4.69) is 24.2 Å². The summed E-state index contributed by atoms with van der Waals surface area (Å²) in [5, 5.41) is 2.61. The molecule has 0 saturated carbocycles. The van der Waals surface area contributed by atoms with Crippen LogP contribution in [0.1, 0.15) is 25.3 Å². The number of hydrogen-bond donors (Lipinski definition) is 1. The van der Waals surface area contributed by atoms with Crippen LogP contribution in [0, 0.1) is 0 Å². The van der Waals surface area contributed by atoms with Gasteiger partial charge in [-0.1, -0.05) is 37.7 Å². The number of benzene rings is 1. The average Bonchev–Trinajstić information content (AvgIpc) is 2.93. The van der Waals surface area contributed by atoms with E-state index in [4.69, 9.17) is 0 Å². The van der Waals surface area contributed by atoms with Gasteiger partial charge in [-0.25, -0.2) is 8.42 Å². The minimum Gasteiger partial charge on any atom is -0.325 e. The van der Waals surface area contributed by atoms with Crippen LogP contribution in [0.3, 0.4) is 0 Å². The van der Waals surface area contributed by atoms with Gasteiger partial charge >= 0.3 is 0 Å². The first-order valence-corrected chi connectivity index (χ1v) is 9.32. The lowest BCUT2D eigenvalue weighted by Crippen LogP contribution is -2.26. The fourth-order valence-electron chi connectivity index (χ4n) is 1.89. The lowest BCUT2D eigenvalue weighted by molar-refractivity contribution is -0.113. The lowest BCUT2D eigenvalue weighted by atomic mass is 10.0. The summed E-state index contributed by atoms with van der Waals surface area (Å²) in [4.78, 5) is 15.8. The van der Waals surface area contributed by atoms with Gasteiger partial charge in [0.1, 0.15) is 5.75 Å². The number of carbonyl (C=O) groups excluding carboxylic acids is 1. The summed E-state index contributed by atoms with van der Waals surface area (Å²) < 4.78 is 24.0. The molecule has 1 aromatic rings. The minimum atomic E-state index is -3.60. The quantitative estimate of drug-likeness (QED) is 0.921. The van der Waals surface area contributed by atoms with Crippen molar-refractivity contribution in [3.8, 4) is 0 Å². The fourth-order valence-corrected chi connectivity index (χ4v) is 4.40. The zero-order chi connectivity index (χ0) is 15.5. The standard InChI is InChI=1S/C14H18N2O3S2/c1-10(2)11-3-5-12(6-4-11)16-13(17)9-21(18,19)14-15-7-8-20-14/h3-6,10H,7-9H2,1-2H3,(H,16,17). The van der Waals surface area contributed by atoms with E-state index in [1.54, 1.807) is 12.1 Å². The predicted octanol–water partition coefficient (Wildman–Crippen LogP) is 2.27. The van der Waals surface area contributed by atoms with Gasteiger partial charge in [0.05, 0.1) is 6.54 Å². The summed E-state index contributed by atoms with van der Waals surface area (Å²) in [7, 11) is -3.60. The molecule has 0 atom stereocenters. The van der Waals surface area contributed by atoms with Crippen LogP contribution in [-0.2, 0) is 14.6 Å². The Hall–Kier alpha value is -1.34. The topological polar surface area (TPSA) is 75.6 Å². The predicted molar refractivity (Wildman–Crippen MR) is 87.7 cm³/mol. The van der Waals surface area contributed by atoms with Crippen molar-refractivity contribution in [2.24, 2.45) is 4.99 Å². The molecule has 0 spiro atoms. The third kappa shape index (κ3) is 4.31. The van der Waals surface area contributed by atoms with Gasteiger partial charge in [-0.15, -0.1) is 0 Å². The molecule has 7 heteroatoms. The van der Waals surface area contributed by atoms with E-state index in [9.17, 15) is 13.2 Å². The Bertz CT molecular complexity index is 649. The summed E-state index contributed by atoms with van der Waals surface area (Å²) in [6, 6.07) is 7.40. The Morgan fingerprint density at radius 2 is 2.00 bits per heavy atom. The summed E-state index contributed by atoms with van der Waals surface area (Å²) >= 11 is 1.18. The molecule has 1 amide bonds. The van der Waals surface area contributed by atoms with Crippen LogP contribution in [0.5, 0.6) is 0 Å². The van der Waals surface area contributed by atoms with E-state index in [1.807, 2.05) is 12.1 Å². The van der Waals surface area contributed by atoms with Crippen molar-refractivity contribution in [2.75, 3.05) is 23.4 Å². The molecule has 1 aromatic carbocycles. The number of carbonyl (C=O) groups is 1. The lowest BCUT2D eigenvalue weighted by Gasteiger charge is -2.08. The number of nitrogens with zero attached hydrogens (tertiary/aromatic N) is 1. The van der Waals surface area contributed by atoms with E-state index in [1.165, 1.54) is 11.8 Å². The van der Waals surface area contributed by atoms with Crippen molar-refractivity contribution in [2.45, 2.75) is 19.8 Å². The van der Waals surface area contributed by atoms with Crippen LogP contribution in [0.2, 0.25) is 0 Å². The molecule has 114 valence electrons. The molecule has 0 fully saturated rings. The molecular weight excluding hydrogens is 308 g/mol. The third-order valence-corrected chi connectivity index (χ3v) is 6.19. The maximum atomic E-state index is 12.0. The van der Waals surface area contributed by atoms with Crippen LogP contribution >= 0.6 is 11.8 Å². The van der Waals surface area contributed by atoms with Gasteiger partial charge in [0.2, 0.25) is 15.7 Å². The van der Waals surface area contributed by atoms with Crippen LogP contribution in [0.15, 0.2) is 29.3 Å². The molecule has 0 saturated heterocycles. The first kappa shape index (κ1) is 16.0. The van der Waals surface area contributed by atoms with Crippen LogP contribution < -0.4 is 5.32 Å². The van der Waals surface area contributed by atoms with E-state index < -0.39 is 21.5 Å². The number of aliphatic imine (C=N–C) groups is 1. The van der Waals surface area contributed by atoms with Crippen molar-refractivity contribution in [1.82, 2.24) is 0 Å². The summed E-state index contributed by atoms with van der Waals surface area (Å²) in [5.41, 5.74) is 1.76. The Labute approximate surface area is 129 Å². The zero-order valence-corrected chi connectivity index (χ0v) is 13.6. The monoisotopic (exact) mass is 326 g/mol. The van der Waals surface area contributed by atoms with Crippen molar-refractivity contribution < 1.29 is 13.2 Å². The van der Waals surface area contributed by atoms with Crippen LogP contribution in [0.4, 0.5) is 5.69 Å². The molecule has 1 aliphatic rings. The van der Waals surface area contributed by atoms with Gasteiger partial charge in [-0.05, 0) is 23.6 Å². The largest absolute Gasteiger partial charge is 0.325 e. The van der Waals surface area contributed by atoms with Crippen LogP contribution in [0.25, 0.3) is 0 Å². The highest BCUT2D eigenvalue weighted by Gasteiger charge is 2.26. The number of hydrogen-bond acceptors (Lipinski definition) is 5. The van der Waals surface area contributed by atoms with Gasteiger partial charge in [0.25, 0.3) is 0 Å². The maximum Gasteiger partial charge on any atom is 0.240 e. The van der Waals surface area contributed by atoms with Gasteiger partial charge in [-0.3, -0.25) is 9.79 Å². The second-order valence-electron chi connectivity index (χ2n) is 5.08. The minimum absolute atomic E-state index is 0.0767. The summed E-state index contributed by atoms with van der Waals surface area (Å²) in [6.07, 6.45) is 0.